The maximum absolute atomic E-state index is 13.2. The van der Waals surface area contributed by atoms with Gasteiger partial charge in [-0.15, -0.1) is 0 Å². The molecule has 1 aromatic rings. The van der Waals surface area contributed by atoms with Crippen molar-refractivity contribution in [3.8, 4) is 5.75 Å². The lowest BCUT2D eigenvalue weighted by molar-refractivity contribution is 0.246. The largest absolute Gasteiger partial charge is 0.490 e. The highest BCUT2D eigenvalue weighted by molar-refractivity contribution is 7.89. The SMILES string of the molecule is CCC(COc1cc(F)ccc1F)CS(N)(=O)=O. The van der Waals surface area contributed by atoms with E-state index in [9.17, 15) is 17.2 Å². The van der Waals surface area contributed by atoms with Crippen LogP contribution in [0.1, 0.15) is 13.3 Å². The van der Waals surface area contributed by atoms with Gasteiger partial charge in [-0.1, -0.05) is 6.92 Å². The van der Waals surface area contributed by atoms with Gasteiger partial charge in [0.15, 0.2) is 11.6 Å². The van der Waals surface area contributed by atoms with Crippen molar-refractivity contribution < 1.29 is 21.9 Å². The second kappa shape index (κ2) is 6.10. The van der Waals surface area contributed by atoms with Crippen LogP contribution in [0.25, 0.3) is 0 Å². The van der Waals surface area contributed by atoms with Crippen LogP contribution in [0.4, 0.5) is 8.78 Å². The second-order valence-corrected chi connectivity index (χ2v) is 5.65. The fraction of sp³-hybridized carbons (Fsp3) is 0.455. The van der Waals surface area contributed by atoms with Crippen molar-refractivity contribution in [3.05, 3.63) is 29.8 Å². The Morgan fingerprint density at radius 1 is 1.39 bits per heavy atom. The summed E-state index contributed by atoms with van der Waals surface area (Å²) in [5, 5.41) is 4.92. The van der Waals surface area contributed by atoms with E-state index in [2.05, 4.69) is 0 Å². The van der Waals surface area contributed by atoms with Gasteiger partial charge in [-0.05, 0) is 18.6 Å². The molecule has 2 N–H and O–H groups in total. The van der Waals surface area contributed by atoms with Crippen LogP contribution in [0.3, 0.4) is 0 Å². The first-order valence-corrected chi connectivity index (χ1v) is 7.11. The number of hydrogen-bond acceptors (Lipinski definition) is 3. The van der Waals surface area contributed by atoms with E-state index in [1.54, 1.807) is 6.92 Å². The summed E-state index contributed by atoms with van der Waals surface area (Å²) < 4.78 is 53.0. The summed E-state index contributed by atoms with van der Waals surface area (Å²) >= 11 is 0. The van der Waals surface area contributed by atoms with Gasteiger partial charge < -0.3 is 4.74 Å². The van der Waals surface area contributed by atoms with E-state index < -0.39 is 21.7 Å². The molecule has 0 radical (unpaired) electrons. The number of hydrogen-bond donors (Lipinski definition) is 1. The lowest BCUT2D eigenvalue weighted by Crippen LogP contribution is -2.26. The van der Waals surface area contributed by atoms with Crippen molar-refractivity contribution in [2.24, 2.45) is 11.1 Å². The van der Waals surface area contributed by atoms with Gasteiger partial charge in [0.1, 0.15) is 5.82 Å². The minimum Gasteiger partial charge on any atom is -0.490 e. The van der Waals surface area contributed by atoms with Gasteiger partial charge in [-0.25, -0.2) is 22.3 Å². The Morgan fingerprint density at radius 3 is 2.61 bits per heavy atom. The van der Waals surface area contributed by atoms with Crippen LogP contribution in [-0.4, -0.2) is 20.8 Å². The Kier molecular flexibility index (Phi) is 5.03. The number of halogens is 2. The molecule has 1 unspecified atom stereocenters. The van der Waals surface area contributed by atoms with Crippen LogP contribution in [0.15, 0.2) is 18.2 Å². The molecule has 0 heterocycles. The van der Waals surface area contributed by atoms with Gasteiger partial charge in [-0.3, -0.25) is 0 Å². The molecule has 0 aliphatic carbocycles. The van der Waals surface area contributed by atoms with Gasteiger partial charge in [0.05, 0.1) is 12.4 Å². The van der Waals surface area contributed by atoms with Crippen molar-refractivity contribution in [3.63, 3.8) is 0 Å². The third-order valence-corrected chi connectivity index (χ3v) is 3.35. The number of primary sulfonamides is 1. The Morgan fingerprint density at radius 2 is 2.06 bits per heavy atom. The molecule has 18 heavy (non-hydrogen) atoms. The highest BCUT2D eigenvalue weighted by Crippen LogP contribution is 2.19. The molecule has 0 fully saturated rings. The van der Waals surface area contributed by atoms with E-state index in [4.69, 9.17) is 9.88 Å². The van der Waals surface area contributed by atoms with Crippen molar-refractivity contribution in [2.45, 2.75) is 13.3 Å². The van der Waals surface area contributed by atoms with Gasteiger partial charge in [-0.2, -0.15) is 0 Å². The average Bonchev–Trinajstić information content (AvgIpc) is 2.27. The normalized spacial score (nSPS) is 13.3. The summed E-state index contributed by atoms with van der Waals surface area (Å²) in [6.45, 7) is 1.73. The smallest absolute Gasteiger partial charge is 0.209 e. The molecule has 0 amide bonds. The zero-order valence-corrected chi connectivity index (χ0v) is 10.7. The van der Waals surface area contributed by atoms with Crippen LogP contribution in [0.5, 0.6) is 5.75 Å². The molecule has 1 atom stereocenters. The Hall–Kier alpha value is -1.21. The third-order valence-electron chi connectivity index (χ3n) is 2.41. The third kappa shape index (κ3) is 4.97. The van der Waals surface area contributed by atoms with Crippen molar-refractivity contribution in [2.75, 3.05) is 12.4 Å². The maximum Gasteiger partial charge on any atom is 0.209 e. The first kappa shape index (κ1) is 14.8. The first-order valence-electron chi connectivity index (χ1n) is 5.40. The molecule has 7 heteroatoms. The molecule has 1 aromatic carbocycles. The predicted molar refractivity (Wildman–Crippen MR) is 63.6 cm³/mol. The van der Waals surface area contributed by atoms with Crippen LogP contribution in [0.2, 0.25) is 0 Å². The van der Waals surface area contributed by atoms with Crippen LogP contribution >= 0.6 is 0 Å². The Bertz CT molecular complexity index is 505. The lowest BCUT2D eigenvalue weighted by atomic mass is 10.1. The van der Waals surface area contributed by atoms with E-state index in [0.29, 0.717) is 6.42 Å². The fourth-order valence-electron chi connectivity index (χ4n) is 1.41. The Balaban J connectivity index is 2.65. The van der Waals surface area contributed by atoms with Crippen LogP contribution in [0, 0.1) is 17.6 Å². The minimum absolute atomic E-state index is 0.0344. The number of sulfonamides is 1. The molecule has 0 aliphatic rings. The standard InChI is InChI=1S/C11H15F2NO3S/c1-2-8(7-18(14,15)16)6-17-11-5-9(12)3-4-10(11)13/h3-5,8H,2,6-7H2,1H3,(H2,14,15,16). The maximum atomic E-state index is 13.2. The quantitative estimate of drug-likeness (QED) is 0.861. The monoisotopic (exact) mass is 279 g/mol. The lowest BCUT2D eigenvalue weighted by Gasteiger charge is -2.15. The van der Waals surface area contributed by atoms with Crippen LogP contribution < -0.4 is 9.88 Å². The van der Waals surface area contributed by atoms with Gasteiger partial charge in [0.2, 0.25) is 10.0 Å². The van der Waals surface area contributed by atoms with Crippen molar-refractivity contribution in [1.82, 2.24) is 0 Å². The number of rotatable bonds is 6. The topological polar surface area (TPSA) is 69.4 Å². The molecular weight excluding hydrogens is 264 g/mol. The van der Waals surface area contributed by atoms with E-state index in [0.717, 1.165) is 18.2 Å². The van der Waals surface area contributed by atoms with Crippen LogP contribution in [-0.2, 0) is 10.0 Å². The highest BCUT2D eigenvalue weighted by Gasteiger charge is 2.16. The molecule has 0 aliphatic heterocycles. The van der Waals surface area contributed by atoms with Gasteiger partial charge in [0.25, 0.3) is 0 Å². The summed E-state index contributed by atoms with van der Waals surface area (Å²) in [5.41, 5.74) is 0. The van der Waals surface area contributed by atoms with Crippen molar-refractivity contribution >= 4 is 10.0 Å². The molecule has 102 valence electrons. The zero-order chi connectivity index (χ0) is 13.8. The summed E-state index contributed by atoms with van der Waals surface area (Å²) in [6.07, 6.45) is 0.507. The fourth-order valence-corrected chi connectivity index (χ4v) is 2.40. The first-order chi connectivity index (χ1) is 8.31. The zero-order valence-electron chi connectivity index (χ0n) is 9.90. The molecule has 0 saturated carbocycles. The minimum atomic E-state index is -3.61. The summed E-state index contributed by atoms with van der Waals surface area (Å²) in [6, 6.07) is 2.84. The molecule has 0 aromatic heterocycles. The van der Waals surface area contributed by atoms with E-state index >= 15 is 0 Å². The number of benzene rings is 1. The average molecular weight is 279 g/mol. The number of nitrogens with two attached hydrogens (primary N) is 1. The molecule has 4 nitrogen and oxygen atoms in total. The number of ether oxygens (including phenoxy) is 1. The van der Waals surface area contributed by atoms with Crippen molar-refractivity contribution in [1.29, 1.82) is 0 Å². The summed E-state index contributed by atoms with van der Waals surface area (Å²) in [5.74, 6) is -2.15. The predicted octanol–water partition coefficient (Wildman–Crippen LogP) is 1.66. The second-order valence-electron chi connectivity index (χ2n) is 3.99. The van der Waals surface area contributed by atoms with E-state index in [1.807, 2.05) is 0 Å². The molecule has 0 bridgehead atoms. The molecule has 0 saturated heterocycles. The highest BCUT2D eigenvalue weighted by atomic mass is 32.2. The van der Waals surface area contributed by atoms with Gasteiger partial charge in [0, 0.05) is 12.0 Å². The van der Waals surface area contributed by atoms with E-state index in [1.165, 1.54) is 0 Å². The molecular formula is C11H15F2NO3S. The molecule has 1 rings (SSSR count). The summed E-state index contributed by atoms with van der Waals surface area (Å²) in [4.78, 5) is 0. The van der Waals surface area contributed by atoms with Gasteiger partial charge >= 0.3 is 0 Å². The molecule has 0 spiro atoms. The summed E-state index contributed by atoms with van der Waals surface area (Å²) in [7, 11) is -3.61. The van der Waals surface area contributed by atoms with E-state index in [-0.39, 0.29) is 24.0 Å². The Labute approximate surface area is 105 Å².